The van der Waals surface area contributed by atoms with Gasteiger partial charge in [0, 0.05) is 14.1 Å². The number of carbonyl (C=O) groups excluding carboxylic acids is 1. The summed E-state index contributed by atoms with van der Waals surface area (Å²) in [4.78, 5) is 12.4. The summed E-state index contributed by atoms with van der Waals surface area (Å²) >= 11 is 0. The van der Waals surface area contributed by atoms with Crippen LogP contribution in [0, 0.1) is 0 Å². The van der Waals surface area contributed by atoms with Crippen LogP contribution in [0.15, 0.2) is 48.2 Å². The van der Waals surface area contributed by atoms with Gasteiger partial charge in [0.05, 0.1) is 5.70 Å². The van der Waals surface area contributed by atoms with Gasteiger partial charge in [0.15, 0.2) is 6.29 Å². The molecule has 0 unspecified atom stereocenters. The third-order valence-electron chi connectivity index (χ3n) is 1.99. The Hall–Kier alpha value is -1.83. The van der Waals surface area contributed by atoms with E-state index in [0.29, 0.717) is 5.70 Å². The van der Waals surface area contributed by atoms with E-state index in [0.717, 1.165) is 11.8 Å². The van der Waals surface area contributed by atoms with Gasteiger partial charge in [0.1, 0.15) is 0 Å². The first-order valence-corrected chi connectivity index (χ1v) is 4.80. The Morgan fingerprint density at radius 3 is 2.40 bits per heavy atom. The fourth-order valence-corrected chi connectivity index (χ4v) is 1.12. The highest BCUT2D eigenvalue weighted by Gasteiger charge is 1.93. The molecule has 15 heavy (non-hydrogen) atoms. The van der Waals surface area contributed by atoms with Crippen LogP contribution in [0.1, 0.15) is 5.56 Å². The van der Waals surface area contributed by atoms with Crippen LogP contribution in [0.2, 0.25) is 0 Å². The van der Waals surface area contributed by atoms with Crippen molar-refractivity contribution in [2.75, 3.05) is 14.1 Å². The number of likely N-dealkylation sites (N-methyl/N-ethyl adjacent to an activating group) is 1. The van der Waals surface area contributed by atoms with E-state index in [1.165, 1.54) is 0 Å². The average molecular weight is 201 g/mol. The Balaban J connectivity index is 2.70. The number of carbonyl (C=O) groups is 1. The number of hydrogen-bond acceptors (Lipinski definition) is 2. The van der Waals surface area contributed by atoms with E-state index in [4.69, 9.17) is 0 Å². The molecule has 0 heterocycles. The van der Waals surface area contributed by atoms with Gasteiger partial charge in [0.25, 0.3) is 0 Å². The second-order valence-electron chi connectivity index (χ2n) is 3.37. The number of aldehydes is 1. The van der Waals surface area contributed by atoms with Crippen molar-refractivity contribution in [1.82, 2.24) is 4.90 Å². The van der Waals surface area contributed by atoms with Crippen LogP contribution < -0.4 is 0 Å². The molecule has 2 nitrogen and oxygen atoms in total. The minimum atomic E-state index is 0.655. The summed E-state index contributed by atoms with van der Waals surface area (Å²) < 4.78 is 0. The Kier molecular flexibility index (Phi) is 4.35. The number of rotatable bonds is 4. The molecule has 1 rings (SSSR count). The van der Waals surface area contributed by atoms with Crippen molar-refractivity contribution in [3.63, 3.8) is 0 Å². The molecule has 0 aromatic heterocycles. The minimum absolute atomic E-state index is 0.655. The molecule has 2 heteroatoms. The smallest absolute Gasteiger partial charge is 0.166 e. The van der Waals surface area contributed by atoms with Crippen LogP contribution in [0.4, 0.5) is 0 Å². The van der Waals surface area contributed by atoms with E-state index in [9.17, 15) is 4.79 Å². The van der Waals surface area contributed by atoms with E-state index >= 15 is 0 Å². The monoisotopic (exact) mass is 201 g/mol. The molecule has 0 fully saturated rings. The summed E-state index contributed by atoms with van der Waals surface area (Å²) in [5.41, 5.74) is 1.78. The lowest BCUT2D eigenvalue weighted by Crippen LogP contribution is -2.11. The molecular weight excluding hydrogens is 186 g/mol. The number of nitrogens with zero attached hydrogens (tertiary/aromatic N) is 1. The summed E-state index contributed by atoms with van der Waals surface area (Å²) in [6, 6.07) is 9.97. The molecule has 0 atom stereocenters. The van der Waals surface area contributed by atoms with Crippen molar-refractivity contribution in [3.05, 3.63) is 53.7 Å². The van der Waals surface area contributed by atoms with Crippen molar-refractivity contribution >= 4 is 12.4 Å². The zero-order chi connectivity index (χ0) is 11.1. The summed E-state index contributed by atoms with van der Waals surface area (Å²) in [6.45, 7) is 0. The molecule has 1 aromatic carbocycles. The summed E-state index contributed by atoms with van der Waals surface area (Å²) in [7, 11) is 3.69. The van der Waals surface area contributed by atoms with Gasteiger partial charge in [-0.25, -0.2) is 0 Å². The maximum atomic E-state index is 10.6. The molecule has 0 aliphatic carbocycles. The predicted molar refractivity (Wildman–Crippen MR) is 63.3 cm³/mol. The van der Waals surface area contributed by atoms with Crippen LogP contribution in [0.5, 0.6) is 0 Å². The molecule has 0 aliphatic heterocycles. The third kappa shape index (κ3) is 3.81. The van der Waals surface area contributed by atoms with Gasteiger partial charge < -0.3 is 4.90 Å². The molecular formula is C13H15NO. The van der Waals surface area contributed by atoms with Crippen LogP contribution in [0.25, 0.3) is 6.08 Å². The second-order valence-corrected chi connectivity index (χ2v) is 3.37. The summed E-state index contributed by atoms with van der Waals surface area (Å²) in [6.07, 6.45) is 6.47. The predicted octanol–water partition coefficient (Wildman–Crippen LogP) is 2.34. The van der Waals surface area contributed by atoms with Gasteiger partial charge in [-0.1, -0.05) is 42.5 Å². The Morgan fingerprint density at radius 1 is 1.20 bits per heavy atom. The normalized spacial score (nSPS) is 11.7. The van der Waals surface area contributed by atoms with E-state index in [-0.39, 0.29) is 0 Å². The maximum absolute atomic E-state index is 10.6. The van der Waals surface area contributed by atoms with Crippen molar-refractivity contribution in [3.8, 4) is 0 Å². The highest BCUT2D eigenvalue weighted by Crippen LogP contribution is 2.02. The highest BCUT2D eigenvalue weighted by atomic mass is 16.1. The zero-order valence-electron chi connectivity index (χ0n) is 9.05. The van der Waals surface area contributed by atoms with Crippen molar-refractivity contribution in [2.45, 2.75) is 0 Å². The van der Waals surface area contributed by atoms with E-state index in [1.54, 1.807) is 11.0 Å². The topological polar surface area (TPSA) is 20.3 Å². The minimum Gasteiger partial charge on any atom is -0.375 e. The molecule has 78 valence electrons. The first kappa shape index (κ1) is 11.2. The Labute approximate surface area is 90.5 Å². The van der Waals surface area contributed by atoms with E-state index in [2.05, 4.69) is 0 Å². The van der Waals surface area contributed by atoms with Gasteiger partial charge in [-0.3, -0.25) is 4.79 Å². The molecule has 0 N–H and O–H groups in total. The summed E-state index contributed by atoms with van der Waals surface area (Å²) in [5.74, 6) is 0. The molecule has 0 saturated carbocycles. The Bertz CT molecular complexity index is 363. The standard InChI is InChI=1S/C13H15NO/c1-14(2)13(11-15)10-6-9-12-7-4-3-5-8-12/h3-11H,1-2H3. The largest absolute Gasteiger partial charge is 0.375 e. The third-order valence-corrected chi connectivity index (χ3v) is 1.99. The first-order valence-electron chi connectivity index (χ1n) is 4.80. The molecule has 0 saturated heterocycles. The molecule has 0 bridgehead atoms. The van der Waals surface area contributed by atoms with Crippen molar-refractivity contribution < 1.29 is 4.79 Å². The molecule has 0 aliphatic rings. The van der Waals surface area contributed by atoms with Crippen LogP contribution in [-0.4, -0.2) is 25.3 Å². The van der Waals surface area contributed by atoms with E-state index in [1.807, 2.05) is 56.6 Å². The number of hydrogen-bond donors (Lipinski definition) is 0. The fourth-order valence-electron chi connectivity index (χ4n) is 1.12. The van der Waals surface area contributed by atoms with E-state index < -0.39 is 0 Å². The lowest BCUT2D eigenvalue weighted by molar-refractivity contribution is -0.105. The lowest BCUT2D eigenvalue weighted by Gasteiger charge is -2.09. The van der Waals surface area contributed by atoms with Gasteiger partial charge in [0.2, 0.25) is 0 Å². The SMILES string of the molecule is CN(C)C(C=O)=CC=Cc1ccccc1. The summed E-state index contributed by atoms with van der Waals surface area (Å²) in [5, 5.41) is 0. The molecule has 1 aromatic rings. The zero-order valence-corrected chi connectivity index (χ0v) is 9.05. The van der Waals surface area contributed by atoms with Gasteiger partial charge in [-0.05, 0) is 11.6 Å². The maximum Gasteiger partial charge on any atom is 0.166 e. The van der Waals surface area contributed by atoms with Crippen LogP contribution in [0.3, 0.4) is 0 Å². The second kappa shape index (κ2) is 5.81. The van der Waals surface area contributed by atoms with Crippen molar-refractivity contribution in [1.29, 1.82) is 0 Å². The molecule has 0 radical (unpaired) electrons. The highest BCUT2D eigenvalue weighted by molar-refractivity contribution is 5.73. The van der Waals surface area contributed by atoms with Crippen LogP contribution >= 0.6 is 0 Å². The average Bonchev–Trinajstić information content (AvgIpc) is 2.25. The molecule has 0 spiro atoms. The van der Waals surface area contributed by atoms with Gasteiger partial charge in [-0.15, -0.1) is 0 Å². The molecule has 0 amide bonds. The fraction of sp³-hybridized carbons (Fsp3) is 0.154. The van der Waals surface area contributed by atoms with Gasteiger partial charge >= 0.3 is 0 Å². The first-order chi connectivity index (χ1) is 7.24. The number of allylic oxidation sites excluding steroid dienone is 3. The Morgan fingerprint density at radius 2 is 1.87 bits per heavy atom. The number of benzene rings is 1. The quantitative estimate of drug-likeness (QED) is 0.423. The van der Waals surface area contributed by atoms with Gasteiger partial charge in [-0.2, -0.15) is 0 Å². The van der Waals surface area contributed by atoms with Crippen molar-refractivity contribution in [2.24, 2.45) is 0 Å². The lowest BCUT2D eigenvalue weighted by atomic mass is 10.2. The van der Waals surface area contributed by atoms with Crippen LogP contribution in [-0.2, 0) is 4.79 Å².